The zero-order valence-corrected chi connectivity index (χ0v) is 12.7. The summed E-state index contributed by atoms with van der Waals surface area (Å²) in [5.74, 6) is 1.42. The van der Waals surface area contributed by atoms with E-state index >= 15 is 0 Å². The Morgan fingerprint density at radius 2 is 1.90 bits per heavy atom. The Bertz CT molecular complexity index is 474. The van der Waals surface area contributed by atoms with Gasteiger partial charge in [-0.2, -0.15) is 4.98 Å². The Labute approximate surface area is 129 Å². The number of aromatic nitrogens is 2. The normalized spacial score (nSPS) is 26.7. The minimum atomic E-state index is -0.160. The molecule has 1 aliphatic heterocycles. The van der Waals surface area contributed by atoms with Crippen molar-refractivity contribution in [2.45, 2.75) is 37.8 Å². The van der Waals surface area contributed by atoms with Crippen molar-refractivity contribution >= 4 is 23.4 Å². The van der Waals surface area contributed by atoms with E-state index in [1.54, 1.807) is 6.07 Å². The highest BCUT2D eigenvalue weighted by Crippen LogP contribution is 2.23. The van der Waals surface area contributed by atoms with Crippen LogP contribution in [0.4, 0.5) is 11.8 Å². The van der Waals surface area contributed by atoms with Crippen molar-refractivity contribution < 1.29 is 9.84 Å². The van der Waals surface area contributed by atoms with Crippen LogP contribution >= 0.6 is 11.6 Å². The molecule has 1 saturated heterocycles. The highest BCUT2D eigenvalue weighted by Gasteiger charge is 2.21. The zero-order valence-electron chi connectivity index (χ0n) is 12.0. The molecule has 21 heavy (non-hydrogen) atoms. The Morgan fingerprint density at radius 3 is 2.62 bits per heavy atom. The number of aliphatic hydroxyl groups is 1. The minimum absolute atomic E-state index is 0.160. The van der Waals surface area contributed by atoms with E-state index in [2.05, 4.69) is 20.2 Å². The van der Waals surface area contributed by atoms with E-state index in [-0.39, 0.29) is 6.10 Å². The van der Waals surface area contributed by atoms with E-state index in [9.17, 15) is 5.11 Å². The van der Waals surface area contributed by atoms with Gasteiger partial charge in [0.15, 0.2) is 0 Å². The molecule has 2 fully saturated rings. The average Bonchev–Trinajstić information content (AvgIpc) is 2.50. The number of aliphatic hydroxyl groups excluding tert-OH is 1. The summed E-state index contributed by atoms with van der Waals surface area (Å²) in [6, 6.07) is 2.10. The third-order valence-electron chi connectivity index (χ3n) is 4.05. The van der Waals surface area contributed by atoms with Gasteiger partial charge in [0.25, 0.3) is 0 Å². The summed E-state index contributed by atoms with van der Waals surface area (Å²) in [6.45, 7) is 3.07. The van der Waals surface area contributed by atoms with Gasteiger partial charge in [-0.15, -0.1) is 0 Å². The molecule has 6 nitrogen and oxygen atoms in total. The first-order chi connectivity index (χ1) is 10.2. The lowest BCUT2D eigenvalue weighted by atomic mass is 9.93. The van der Waals surface area contributed by atoms with Gasteiger partial charge in [0.2, 0.25) is 5.95 Å². The molecule has 116 valence electrons. The SMILES string of the molecule is OC1CCC(Nc2nc(Cl)cc(N3CCOCC3)n2)CC1. The first-order valence-electron chi connectivity index (χ1n) is 7.52. The van der Waals surface area contributed by atoms with Crippen molar-refractivity contribution in [3.05, 3.63) is 11.2 Å². The Kier molecular flexibility index (Phi) is 4.77. The molecule has 1 aromatic rings. The van der Waals surface area contributed by atoms with Crippen LogP contribution in [0.2, 0.25) is 5.15 Å². The molecule has 0 atom stereocenters. The van der Waals surface area contributed by atoms with Crippen LogP contribution in [0.1, 0.15) is 25.7 Å². The lowest BCUT2D eigenvalue weighted by Gasteiger charge is -2.29. The maximum atomic E-state index is 9.55. The predicted molar refractivity (Wildman–Crippen MR) is 82.0 cm³/mol. The molecule has 1 aromatic heterocycles. The fraction of sp³-hybridized carbons (Fsp3) is 0.714. The number of morpholine rings is 1. The van der Waals surface area contributed by atoms with Gasteiger partial charge in [0, 0.05) is 25.2 Å². The zero-order chi connectivity index (χ0) is 14.7. The molecular weight excluding hydrogens is 292 g/mol. The van der Waals surface area contributed by atoms with E-state index in [0.29, 0.717) is 30.4 Å². The quantitative estimate of drug-likeness (QED) is 0.828. The Balaban J connectivity index is 1.68. The number of hydrogen-bond acceptors (Lipinski definition) is 6. The first kappa shape index (κ1) is 14.8. The fourth-order valence-electron chi connectivity index (χ4n) is 2.83. The van der Waals surface area contributed by atoms with E-state index in [1.165, 1.54) is 0 Å². The van der Waals surface area contributed by atoms with E-state index in [1.807, 2.05) is 0 Å². The molecule has 7 heteroatoms. The second kappa shape index (κ2) is 6.77. The lowest BCUT2D eigenvalue weighted by Crippen LogP contribution is -2.37. The molecule has 2 aliphatic rings. The highest BCUT2D eigenvalue weighted by atomic mass is 35.5. The van der Waals surface area contributed by atoms with Gasteiger partial charge >= 0.3 is 0 Å². The average molecular weight is 313 g/mol. The van der Waals surface area contributed by atoms with Crippen LogP contribution < -0.4 is 10.2 Å². The minimum Gasteiger partial charge on any atom is -0.393 e. The topological polar surface area (TPSA) is 70.5 Å². The molecule has 1 aliphatic carbocycles. The molecule has 0 unspecified atom stereocenters. The molecule has 2 heterocycles. The van der Waals surface area contributed by atoms with Crippen LogP contribution in [-0.2, 0) is 4.74 Å². The van der Waals surface area contributed by atoms with E-state index in [0.717, 1.165) is 44.6 Å². The molecule has 0 radical (unpaired) electrons. The van der Waals surface area contributed by atoms with Crippen LogP contribution in [0.25, 0.3) is 0 Å². The van der Waals surface area contributed by atoms with Gasteiger partial charge in [0.1, 0.15) is 11.0 Å². The highest BCUT2D eigenvalue weighted by molar-refractivity contribution is 6.29. The van der Waals surface area contributed by atoms with Crippen molar-refractivity contribution in [1.82, 2.24) is 9.97 Å². The summed E-state index contributed by atoms with van der Waals surface area (Å²) >= 11 is 6.12. The summed E-state index contributed by atoms with van der Waals surface area (Å²) in [5, 5.41) is 13.3. The van der Waals surface area contributed by atoms with Gasteiger partial charge in [-0.3, -0.25) is 0 Å². The number of hydrogen-bond donors (Lipinski definition) is 2. The van der Waals surface area contributed by atoms with Gasteiger partial charge in [-0.05, 0) is 25.7 Å². The molecule has 0 aromatic carbocycles. The van der Waals surface area contributed by atoms with Crippen LogP contribution in [0.5, 0.6) is 0 Å². The first-order valence-corrected chi connectivity index (χ1v) is 7.90. The third kappa shape index (κ3) is 3.96. The maximum absolute atomic E-state index is 9.55. The molecule has 3 rings (SSSR count). The smallest absolute Gasteiger partial charge is 0.226 e. The number of nitrogens with one attached hydrogen (secondary N) is 1. The van der Waals surface area contributed by atoms with Crippen molar-refractivity contribution in [2.24, 2.45) is 0 Å². The molecular formula is C14H21ClN4O2. The monoisotopic (exact) mass is 312 g/mol. The number of anilines is 2. The van der Waals surface area contributed by atoms with Gasteiger partial charge in [-0.1, -0.05) is 11.6 Å². The Hall–Kier alpha value is -1.11. The number of rotatable bonds is 3. The van der Waals surface area contributed by atoms with Gasteiger partial charge < -0.3 is 20.1 Å². The van der Waals surface area contributed by atoms with Crippen LogP contribution in [0.3, 0.4) is 0 Å². The van der Waals surface area contributed by atoms with Crippen molar-refractivity contribution in [2.75, 3.05) is 36.5 Å². The molecule has 0 spiro atoms. The summed E-state index contributed by atoms with van der Waals surface area (Å²) < 4.78 is 5.36. The summed E-state index contributed by atoms with van der Waals surface area (Å²) in [5.41, 5.74) is 0. The summed E-state index contributed by atoms with van der Waals surface area (Å²) in [6.07, 6.45) is 3.36. The van der Waals surface area contributed by atoms with Crippen LogP contribution in [0.15, 0.2) is 6.07 Å². The van der Waals surface area contributed by atoms with E-state index in [4.69, 9.17) is 16.3 Å². The number of ether oxygens (including phenoxy) is 1. The molecule has 2 N–H and O–H groups in total. The van der Waals surface area contributed by atoms with Gasteiger partial charge in [0.05, 0.1) is 19.3 Å². The second-order valence-corrected chi connectivity index (χ2v) is 6.01. The van der Waals surface area contributed by atoms with Gasteiger partial charge in [-0.25, -0.2) is 4.98 Å². The fourth-order valence-corrected chi connectivity index (χ4v) is 3.01. The van der Waals surface area contributed by atoms with Crippen molar-refractivity contribution in [1.29, 1.82) is 0 Å². The second-order valence-electron chi connectivity index (χ2n) is 5.62. The van der Waals surface area contributed by atoms with Crippen LogP contribution in [0, 0.1) is 0 Å². The largest absolute Gasteiger partial charge is 0.393 e. The standard InChI is InChI=1S/C14H21ClN4O2/c15-12-9-13(19-5-7-21-8-6-19)18-14(17-12)16-10-1-3-11(20)4-2-10/h9-11,20H,1-8H2,(H,16,17,18). The van der Waals surface area contributed by atoms with E-state index < -0.39 is 0 Å². The predicted octanol–water partition coefficient (Wildman–Crippen LogP) is 1.68. The summed E-state index contributed by atoms with van der Waals surface area (Å²) in [4.78, 5) is 11.0. The van der Waals surface area contributed by atoms with Crippen molar-refractivity contribution in [3.8, 4) is 0 Å². The Morgan fingerprint density at radius 1 is 1.19 bits per heavy atom. The number of nitrogens with zero attached hydrogens (tertiary/aromatic N) is 3. The lowest BCUT2D eigenvalue weighted by molar-refractivity contribution is 0.122. The molecule has 0 amide bonds. The molecule has 1 saturated carbocycles. The van der Waals surface area contributed by atoms with Crippen LogP contribution in [-0.4, -0.2) is 53.5 Å². The maximum Gasteiger partial charge on any atom is 0.226 e. The molecule has 0 bridgehead atoms. The number of halogens is 1. The summed E-state index contributed by atoms with van der Waals surface area (Å²) in [7, 11) is 0. The van der Waals surface area contributed by atoms with Crippen molar-refractivity contribution in [3.63, 3.8) is 0 Å². The third-order valence-corrected chi connectivity index (χ3v) is 4.24.